The third kappa shape index (κ3) is 1.38. The summed E-state index contributed by atoms with van der Waals surface area (Å²) in [7, 11) is 1.49. The summed E-state index contributed by atoms with van der Waals surface area (Å²) < 4.78 is 5.36. The number of nitriles is 1. The molecule has 0 fully saturated rings. The maximum atomic E-state index is 8.58. The van der Waals surface area contributed by atoms with Crippen LogP contribution in [0.25, 0.3) is 0 Å². The van der Waals surface area contributed by atoms with E-state index in [1.165, 1.54) is 7.11 Å². The smallest absolute Gasteiger partial charge is 0.171 e. The normalized spacial score (nSPS) is 8.73. The lowest BCUT2D eigenvalue weighted by molar-refractivity contribution is 0.409. The highest BCUT2D eigenvalue weighted by atomic mass is 32.1. The summed E-state index contributed by atoms with van der Waals surface area (Å²) in [5.74, 6) is 0.435. The molecule has 11 heavy (non-hydrogen) atoms. The molecule has 0 aliphatic rings. The van der Waals surface area contributed by atoms with E-state index in [1.54, 1.807) is 12.3 Å². The number of rotatable bonds is 1. The number of hydrogen-bond donors (Lipinski definition) is 1. The molecule has 1 rings (SSSR count). The van der Waals surface area contributed by atoms with Gasteiger partial charge in [0.05, 0.1) is 12.7 Å². The van der Waals surface area contributed by atoms with Crippen molar-refractivity contribution in [1.29, 1.82) is 5.26 Å². The third-order valence-corrected chi connectivity index (χ3v) is 1.54. The van der Waals surface area contributed by atoms with E-state index in [2.05, 4.69) is 4.98 Å². The molecule has 0 radical (unpaired) electrons. The zero-order valence-electron chi connectivity index (χ0n) is 5.92. The number of pyridine rings is 1. The van der Waals surface area contributed by atoms with Crippen molar-refractivity contribution in [2.75, 3.05) is 7.11 Å². The van der Waals surface area contributed by atoms with Gasteiger partial charge in [0.2, 0.25) is 0 Å². The largest absolute Gasteiger partial charge is 0.492 e. The summed E-state index contributed by atoms with van der Waals surface area (Å²) in [6.45, 7) is 0. The first kappa shape index (κ1) is 7.76. The van der Waals surface area contributed by atoms with E-state index < -0.39 is 0 Å². The second-order valence-corrected chi connectivity index (χ2v) is 2.27. The Balaban J connectivity index is 3.39. The zero-order chi connectivity index (χ0) is 8.27. The lowest BCUT2D eigenvalue weighted by atomic mass is 10.3. The van der Waals surface area contributed by atoms with Crippen molar-refractivity contribution < 1.29 is 4.74 Å². The van der Waals surface area contributed by atoms with Crippen LogP contribution in [0.4, 0.5) is 0 Å². The summed E-state index contributed by atoms with van der Waals surface area (Å²) in [6, 6.07) is 3.60. The molecular weight excluding hydrogens is 160 g/mol. The highest BCUT2D eigenvalue weighted by Gasteiger charge is 2.01. The minimum absolute atomic E-state index is 0.435. The Morgan fingerprint density at radius 3 is 2.91 bits per heavy atom. The minimum atomic E-state index is 0.435. The fourth-order valence-corrected chi connectivity index (χ4v) is 1.02. The highest BCUT2D eigenvalue weighted by Crippen LogP contribution is 2.15. The number of nitrogens with zero attached hydrogens (tertiary/aromatic N) is 1. The Labute approximate surface area is 69.2 Å². The molecule has 0 spiro atoms. The van der Waals surface area contributed by atoms with Gasteiger partial charge in [0.15, 0.2) is 5.75 Å². The van der Waals surface area contributed by atoms with Crippen LogP contribution in [0.5, 0.6) is 5.75 Å². The van der Waals surface area contributed by atoms with Gasteiger partial charge in [-0.1, -0.05) is 12.2 Å². The molecule has 1 N–H and O–H groups in total. The molecule has 3 nitrogen and oxygen atoms in total. The Bertz CT molecular complexity index is 350. The van der Waals surface area contributed by atoms with Gasteiger partial charge in [-0.25, -0.2) is 0 Å². The first-order valence-corrected chi connectivity index (χ1v) is 3.36. The maximum Gasteiger partial charge on any atom is 0.171 e. The number of methoxy groups -OCH3 is 1. The number of nitrogens with one attached hydrogen (secondary N) is 1. The fourth-order valence-electron chi connectivity index (χ4n) is 0.755. The quantitative estimate of drug-likeness (QED) is 0.645. The standard InChI is InChI=1S/C7H6N2OS/c1-10-6-5(4-8)2-3-9-7(6)11/h2-3H,1H3,(H,9,11). The summed E-state index contributed by atoms with van der Waals surface area (Å²) in [5.41, 5.74) is 0.455. The summed E-state index contributed by atoms with van der Waals surface area (Å²) >= 11 is 4.87. The lowest BCUT2D eigenvalue weighted by Crippen LogP contribution is -1.89. The van der Waals surface area contributed by atoms with Crippen LogP contribution in [-0.2, 0) is 0 Å². The molecular formula is C7H6N2OS. The average Bonchev–Trinajstić information content (AvgIpc) is 2.04. The molecule has 0 atom stereocenters. The SMILES string of the molecule is COc1c(C#N)cc[nH]c1=S. The van der Waals surface area contributed by atoms with Crippen LogP contribution in [0.3, 0.4) is 0 Å². The molecule has 0 unspecified atom stereocenters. The molecule has 0 saturated carbocycles. The average molecular weight is 166 g/mol. The van der Waals surface area contributed by atoms with Gasteiger partial charge in [0.1, 0.15) is 10.7 Å². The van der Waals surface area contributed by atoms with Gasteiger partial charge in [0, 0.05) is 6.20 Å². The predicted octanol–water partition coefficient (Wildman–Crippen LogP) is 1.62. The third-order valence-electron chi connectivity index (χ3n) is 1.24. The van der Waals surface area contributed by atoms with Crippen LogP contribution in [0, 0.1) is 16.0 Å². The van der Waals surface area contributed by atoms with E-state index in [4.69, 9.17) is 22.2 Å². The molecule has 0 aliphatic heterocycles. The second-order valence-electron chi connectivity index (χ2n) is 1.87. The first-order valence-electron chi connectivity index (χ1n) is 2.95. The minimum Gasteiger partial charge on any atom is -0.492 e. The van der Waals surface area contributed by atoms with Gasteiger partial charge < -0.3 is 9.72 Å². The summed E-state index contributed by atoms with van der Waals surface area (Å²) in [5, 5.41) is 8.58. The summed E-state index contributed by atoms with van der Waals surface area (Å²) in [4.78, 5) is 2.76. The molecule has 0 aliphatic carbocycles. The Morgan fingerprint density at radius 1 is 1.73 bits per heavy atom. The van der Waals surface area contributed by atoms with Crippen LogP contribution < -0.4 is 4.74 Å². The van der Waals surface area contributed by atoms with Crippen molar-refractivity contribution in [3.8, 4) is 11.8 Å². The van der Waals surface area contributed by atoms with E-state index in [1.807, 2.05) is 6.07 Å². The van der Waals surface area contributed by atoms with Crippen molar-refractivity contribution in [3.63, 3.8) is 0 Å². The Hall–Kier alpha value is -1.34. The molecule has 0 amide bonds. The Morgan fingerprint density at radius 2 is 2.45 bits per heavy atom. The van der Waals surface area contributed by atoms with Gasteiger partial charge in [-0.2, -0.15) is 5.26 Å². The predicted molar refractivity (Wildman–Crippen MR) is 42.9 cm³/mol. The van der Waals surface area contributed by atoms with Gasteiger partial charge in [-0.05, 0) is 6.07 Å². The number of hydrogen-bond acceptors (Lipinski definition) is 3. The van der Waals surface area contributed by atoms with Crippen LogP contribution >= 0.6 is 12.2 Å². The number of ether oxygens (including phenoxy) is 1. The summed E-state index contributed by atoms with van der Waals surface area (Å²) in [6.07, 6.45) is 1.61. The van der Waals surface area contributed by atoms with Gasteiger partial charge in [0.25, 0.3) is 0 Å². The van der Waals surface area contributed by atoms with Crippen molar-refractivity contribution >= 4 is 12.2 Å². The molecule has 0 aromatic carbocycles. The van der Waals surface area contributed by atoms with Crippen LogP contribution in [0.2, 0.25) is 0 Å². The van der Waals surface area contributed by atoms with Crippen LogP contribution in [0.1, 0.15) is 5.56 Å². The van der Waals surface area contributed by atoms with E-state index in [-0.39, 0.29) is 0 Å². The van der Waals surface area contributed by atoms with Crippen LogP contribution in [-0.4, -0.2) is 12.1 Å². The molecule has 1 heterocycles. The number of aromatic amines is 1. The molecule has 1 aromatic heterocycles. The second kappa shape index (κ2) is 3.17. The maximum absolute atomic E-state index is 8.58. The number of aromatic nitrogens is 1. The molecule has 0 bridgehead atoms. The van der Waals surface area contributed by atoms with Gasteiger partial charge in [-0.15, -0.1) is 0 Å². The van der Waals surface area contributed by atoms with Crippen molar-refractivity contribution in [2.45, 2.75) is 0 Å². The van der Waals surface area contributed by atoms with Crippen molar-refractivity contribution in [1.82, 2.24) is 4.98 Å². The van der Waals surface area contributed by atoms with Gasteiger partial charge in [-0.3, -0.25) is 0 Å². The Kier molecular flexibility index (Phi) is 2.24. The first-order chi connectivity index (χ1) is 5.29. The molecule has 1 aromatic rings. The van der Waals surface area contributed by atoms with Crippen molar-refractivity contribution in [3.05, 3.63) is 22.5 Å². The molecule has 0 saturated heterocycles. The van der Waals surface area contributed by atoms with Gasteiger partial charge >= 0.3 is 0 Å². The van der Waals surface area contributed by atoms with E-state index in [0.29, 0.717) is 16.0 Å². The highest BCUT2D eigenvalue weighted by molar-refractivity contribution is 7.71. The lowest BCUT2D eigenvalue weighted by Gasteiger charge is -1.99. The monoisotopic (exact) mass is 166 g/mol. The van der Waals surface area contributed by atoms with E-state index >= 15 is 0 Å². The number of H-pyrrole nitrogens is 1. The van der Waals surface area contributed by atoms with Crippen LogP contribution in [0.15, 0.2) is 12.3 Å². The zero-order valence-corrected chi connectivity index (χ0v) is 6.73. The van der Waals surface area contributed by atoms with Crippen molar-refractivity contribution in [2.24, 2.45) is 0 Å². The fraction of sp³-hybridized carbons (Fsp3) is 0.143. The molecule has 4 heteroatoms. The topological polar surface area (TPSA) is 48.8 Å². The molecule has 56 valence electrons. The van der Waals surface area contributed by atoms with E-state index in [0.717, 1.165) is 0 Å². The van der Waals surface area contributed by atoms with E-state index in [9.17, 15) is 0 Å².